The zero-order chi connectivity index (χ0) is 14.2. The highest BCUT2D eigenvalue weighted by Gasteiger charge is 2.31. The standard InChI is InChI=1S/C13H10N4O2S/c14-6-10-5-12(9-16-7-10)20(18,19)17-4-2-11-8-15-3-1-13(11)17/h1,3,5,7-9H,2,4H2. The maximum atomic E-state index is 12.6. The van der Waals surface area contributed by atoms with Gasteiger partial charge in [0.1, 0.15) is 11.0 Å². The molecule has 100 valence electrons. The van der Waals surface area contributed by atoms with E-state index in [0.29, 0.717) is 18.7 Å². The lowest BCUT2D eigenvalue weighted by Crippen LogP contribution is -2.29. The molecular weight excluding hydrogens is 276 g/mol. The number of nitrogens with zero attached hydrogens (tertiary/aromatic N) is 4. The Kier molecular flexibility index (Phi) is 2.88. The SMILES string of the molecule is N#Cc1cncc(S(=O)(=O)N2CCc3cnccc32)c1. The lowest BCUT2D eigenvalue weighted by atomic mass is 10.2. The summed E-state index contributed by atoms with van der Waals surface area (Å²) >= 11 is 0. The molecule has 0 bridgehead atoms. The first-order valence-corrected chi connectivity index (χ1v) is 7.38. The predicted molar refractivity (Wildman–Crippen MR) is 71.4 cm³/mol. The first kappa shape index (κ1) is 12.6. The molecule has 0 spiro atoms. The van der Waals surface area contributed by atoms with E-state index in [4.69, 9.17) is 5.26 Å². The van der Waals surface area contributed by atoms with Crippen LogP contribution in [0.5, 0.6) is 0 Å². The smallest absolute Gasteiger partial charge is 0.265 e. The Labute approximate surface area is 116 Å². The Hall–Kier alpha value is -2.46. The summed E-state index contributed by atoms with van der Waals surface area (Å²) < 4.78 is 26.6. The van der Waals surface area contributed by atoms with Crippen LogP contribution in [0, 0.1) is 11.3 Å². The van der Waals surface area contributed by atoms with Gasteiger partial charge in [0.05, 0.1) is 11.3 Å². The normalized spacial score (nSPS) is 13.8. The highest BCUT2D eigenvalue weighted by molar-refractivity contribution is 7.92. The molecule has 3 heterocycles. The van der Waals surface area contributed by atoms with Crippen LogP contribution in [-0.2, 0) is 16.4 Å². The average Bonchev–Trinajstić information content (AvgIpc) is 2.92. The number of fused-ring (bicyclic) bond motifs is 1. The molecule has 7 heteroatoms. The molecule has 20 heavy (non-hydrogen) atoms. The average molecular weight is 286 g/mol. The van der Waals surface area contributed by atoms with E-state index in [1.54, 1.807) is 18.5 Å². The monoisotopic (exact) mass is 286 g/mol. The minimum absolute atomic E-state index is 0.0289. The number of pyridine rings is 2. The van der Waals surface area contributed by atoms with E-state index < -0.39 is 10.0 Å². The minimum Gasteiger partial charge on any atom is -0.266 e. The number of hydrogen-bond acceptors (Lipinski definition) is 5. The first-order valence-electron chi connectivity index (χ1n) is 5.94. The fraction of sp³-hybridized carbons (Fsp3) is 0.154. The third kappa shape index (κ3) is 1.90. The van der Waals surface area contributed by atoms with Crippen molar-refractivity contribution in [2.24, 2.45) is 0 Å². The van der Waals surface area contributed by atoms with Crippen LogP contribution in [0.3, 0.4) is 0 Å². The molecule has 0 amide bonds. The minimum atomic E-state index is -3.69. The molecular formula is C13H10N4O2S. The fourth-order valence-corrected chi connectivity index (χ4v) is 3.69. The number of sulfonamides is 1. The Morgan fingerprint density at radius 2 is 2.10 bits per heavy atom. The summed E-state index contributed by atoms with van der Waals surface area (Å²) in [4.78, 5) is 7.83. The lowest BCUT2D eigenvalue weighted by Gasteiger charge is -2.19. The Bertz CT molecular complexity index is 811. The molecule has 6 nitrogen and oxygen atoms in total. The van der Waals surface area contributed by atoms with Crippen LogP contribution < -0.4 is 4.31 Å². The van der Waals surface area contributed by atoms with Crippen molar-refractivity contribution in [3.05, 3.63) is 48.0 Å². The van der Waals surface area contributed by atoms with Gasteiger partial charge < -0.3 is 0 Å². The molecule has 0 atom stereocenters. The molecule has 0 saturated carbocycles. The highest BCUT2D eigenvalue weighted by Crippen LogP contribution is 2.31. The molecule has 2 aromatic rings. The lowest BCUT2D eigenvalue weighted by molar-refractivity contribution is 0.592. The van der Waals surface area contributed by atoms with Gasteiger partial charge in [-0.2, -0.15) is 5.26 Å². The molecule has 0 N–H and O–H groups in total. The molecule has 0 aliphatic carbocycles. The quantitative estimate of drug-likeness (QED) is 0.825. The van der Waals surface area contributed by atoms with Gasteiger partial charge >= 0.3 is 0 Å². The molecule has 0 unspecified atom stereocenters. The number of rotatable bonds is 2. The van der Waals surface area contributed by atoms with Crippen molar-refractivity contribution in [1.82, 2.24) is 9.97 Å². The summed E-state index contributed by atoms with van der Waals surface area (Å²) in [6, 6.07) is 4.91. The first-order chi connectivity index (χ1) is 9.63. The van der Waals surface area contributed by atoms with Crippen molar-refractivity contribution < 1.29 is 8.42 Å². The van der Waals surface area contributed by atoms with Crippen molar-refractivity contribution in [2.75, 3.05) is 10.8 Å². The van der Waals surface area contributed by atoms with Crippen LogP contribution in [0.4, 0.5) is 5.69 Å². The molecule has 0 radical (unpaired) electrons. The van der Waals surface area contributed by atoms with E-state index in [9.17, 15) is 8.42 Å². The third-order valence-electron chi connectivity index (χ3n) is 3.16. The van der Waals surface area contributed by atoms with Gasteiger partial charge in [-0.05, 0) is 24.1 Å². The van der Waals surface area contributed by atoms with Crippen molar-refractivity contribution in [2.45, 2.75) is 11.3 Å². The predicted octanol–water partition coefficient (Wildman–Crippen LogP) is 1.10. The summed E-state index contributed by atoms with van der Waals surface area (Å²) in [6.45, 7) is 0.375. The molecule has 0 aromatic carbocycles. The molecule has 0 fully saturated rings. The van der Waals surface area contributed by atoms with Gasteiger partial charge in [-0.1, -0.05) is 0 Å². The van der Waals surface area contributed by atoms with E-state index in [1.807, 2.05) is 6.07 Å². The summed E-state index contributed by atoms with van der Waals surface area (Å²) in [5, 5.41) is 8.84. The van der Waals surface area contributed by atoms with Gasteiger partial charge in [0, 0.05) is 31.3 Å². The third-order valence-corrected chi connectivity index (χ3v) is 4.94. The Morgan fingerprint density at radius 1 is 1.25 bits per heavy atom. The van der Waals surface area contributed by atoms with E-state index >= 15 is 0 Å². The number of anilines is 1. The second-order valence-corrected chi connectivity index (χ2v) is 6.21. The van der Waals surface area contributed by atoms with E-state index in [-0.39, 0.29) is 10.5 Å². The fourth-order valence-electron chi connectivity index (χ4n) is 2.20. The van der Waals surface area contributed by atoms with Crippen molar-refractivity contribution in [3.8, 4) is 6.07 Å². The molecule has 0 saturated heterocycles. The Morgan fingerprint density at radius 3 is 2.90 bits per heavy atom. The Balaban J connectivity index is 2.08. The maximum absolute atomic E-state index is 12.6. The zero-order valence-corrected chi connectivity index (χ0v) is 11.2. The molecule has 3 rings (SSSR count). The summed E-state index contributed by atoms with van der Waals surface area (Å²) in [5.41, 5.74) is 1.77. The van der Waals surface area contributed by atoms with Gasteiger partial charge in [0.25, 0.3) is 10.0 Å². The van der Waals surface area contributed by atoms with Gasteiger partial charge in [-0.25, -0.2) is 8.42 Å². The summed E-state index contributed by atoms with van der Waals surface area (Å²) in [7, 11) is -3.69. The van der Waals surface area contributed by atoms with Crippen LogP contribution in [-0.4, -0.2) is 24.9 Å². The molecule has 2 aromatic heterocycles. The van der Waals surface area contributed by atoms with Gasteiger partial charge in [0.2, 0.25) is 0 Å². The zero-order valence-electron chi connectivity index (χ0n) is 10.4. The largest absolute Gasteiger partial charge is 0.266 e. The van der Waals surface area contributed by atoms with Crippen molar-refractivity contribution in [3.63, 3.8) is 0 Å². The highest BCUT2D eigenvalue weighted by atomic mass is 32.2. The maximum Gasteiger partial charge on any atom is 0.265 e. The van der Waals surface area contributed by atoms with Crippen molar-refractivity contribution >= 4 is 15.7 Å². The van der Waals surface area contributed by atoms with Crippen LogP contribution in [0.1, 0.15) is 11.1 Å². The number of nitriles is 1. The van der Waals surface area contributed by atoms with Gasteiger partial charge in [-0.15, -0.1) is 0 Å². The van der Waals surface area contributed by atoms with Crippen LogP contribution in [0.15, 0.2) is 41.8 Å². The van der Waals surface area contributed by atoms with E-state index in [0.717, 1.165) is 5.56 Å². The molecule has 1 aliphatic rings. The number of hydrogen-bond donors (Lipinski definition) is 0. The van der Waals surface area contributed by atoms with Gasteiger partial charge in [-0.3, -0.25) is 14.3 Å². The second-order valence-electron chi connectivity index (χ2n) is 4.35. The van der Waals surface area contributed by atoms with Crippen LogP contribution in [0.2, 0.25) is 0 Å². The second kappa shape index (κ2) is 4.58. The van der Waals surface area contributed by atoms with Crippen molar-refractivity contribution in [1.29, 1.82) is 5.26 Å². The van der Waals surface area contributed by atoms with E-state index in [2.05, 4.69) is 9.97 Å². The summed E-state index contributed by atoms with van der Waals surface area (Å²) in [6.07, 6.45) is 6.47. The van der Waals surface area contributed by atoms with Crippen LogP contribution in [0.25, 0.3) is 0 Å². The van der Waals surface area contributed by atoms with E-state index in [1.165, 1.54) is 22.8 Å². The summed E-state index contributed by atoms with van der Waals surface area (Å²) in [5.74, 6) is 0. The topological polar surface area (TPSA) is 86.9 Å². The van der Waals surface area contributed by atoms with Crippen LogP contribution >= 0.6 is 0 Å². The van der Waals surface area contributed by atoms with Gasteiger partial charge in [0.15, 0.2) is 0 Å². The number of aromatic nitrogens is 2. The molecule has 1 aliphatic heterocycles.